The monoisotopic (exact) mass is 310 g/mol. The molecule has 0 saturated heterocycles. The first-order valence-electron chi connectivity index (χ1n) is 7.25. The van der Waals surface area contributed by atoms with Crippen molar-refractivity contribution >= 4 is 17.7 Å². The van der Waals surface area contributed by atoms with Crippen LogP contribution in [0.25, 0.3) is 17.3 Å². The molecule has 4 nitrogen and oxygen atoms in total. The predicted octanol–water partition coefficient (Wildman–Crippen LogP) is 4.51. The standard InChI is InChI=1S/C17H15ClN4/c18-15-9-13(7-6-12-4-2-1-3-5-12)8-14(10-15)17-16(11-19)20-22-21-17/h4,6-10H,1-3,5H2,(H,20,21,22)/b7-6+. The van der Waals surface area contributed by atoms with Gasteiger partial charge in [0, 0.05) is 10.6 Å². The van der Waals surface area contributed by atoms with Crippen molar-refractivity contribution in [3.63, 3.8) is 0 Å². The Morgan fingerprint density at radius 1 is 1.23 bits per heavy atom. The molecule has 0 unspecified atom stereocenters. The van der Waals surface area contributed by atoms with Gasteiger partial charge in [-0.1, -0.05) is 40.6 Å². The SMILES string of the molecule is N#Cc1[nH]nnc1-c1cc(Cl)cc(/C=C/C2=CCCCC2)c1. The van der Waals surface area contributed by atoms with E-state index in [-0.39, 0.29) is 0 Å². The zero-order valence-electron chi connectivity index (χ0n) is 12.0. The molecular formula is C17H15ClN4. The largest absolute Gasteiger partial charge is 0.247 e. The number of nitrogens with zero attached hydrogens (tertiary/aromatic N) is 3. The van der Waals surface area contributed by atoms with Crippen LogP contribution in [-0.4, -0.2) is 15.4 Å². The first-order valence-corrected chi connectivity index (χ1v) is 7.63. The van der Waals surface area contributed by atoms with E-state index < -0.39 is 0 Å². The second-order valence-corrected chi connectivity index (χ2v) is 5.72. The summed E-state index contributed by atoms with van der Waals surface area (Å²) in [4.78, 5) is 0. The topological polar surface area (TPSA) is 65.4 Å². The molecule has 22 heavy (non-hydrogen) atoms. The molecule has 0 spiro atoms. The average molecular weight is 311 g/mol. The van der Waals surface area contributed by atoms with Crippen molar-refractivity contribution in [1.29, 1.82) is 5.26 Å². The summed E-state index contributed by atoms with van der Waals surface area (Å²) in [5.41, 5.74) is 4.01. The Bertz CT molecular complexity index is 780. The zero-order chi connectivity index (χ0) is 15.4. The number of hydrogen-bond acceptors (Lipinski definition) is 3. The molecule has 0 radical (unpaired) electrons. The van der Waals surface area contributed by atoms with Crippen molar-refractivity contribution in [2.24, 2.45) is 0 Å². The van der Waals surface area contributed by atoms with Crippen LogP contribution in [-0.2, 0) is 0 Å². The fourth-order valence-corrected chi connectivity index (χ4v) is 2.81. The maximum Gasteiger partial charge on any atom is 0.163 e. The highest BCUT2D eigenvalue weighted by molar-refractivity contribution is 6.31. The van der Waals surface area contributed by atoms with Gasteiger partial charge in [0.1, 0.15) is 11.8 Å². The third-order valence-corrected chi connectivity index (χ3v) is 3.89. The van der Waals surface area contributed by atoms with Crippen LogP contribution in [0, 0.1) is 11.3 Å². The molecule has 1 heterocycles. The molecule has 3 rings (SSSR count). The van der Waals surface area contributed by atoms with E-state index in [1.165, 1.54) is 18.4 Å². The number of aromatic nitrogens is 3. The highest BCUT2D eigenvalue weighted by atomic mass is 35.5. The first kappa shape index (κ1) is 14.6. The van der Waals surface area contributed by atoms with Gasteiger partial charge >= 0.3 is 0 Å². The molecule has 0 aliphatic heterocycles. The molecule has 2 aromatic rings. The first-order chi connectivity index (χ1) is 10.8. The number of H-pyrrole nitrogens is 1. The average Bonchev–Trinajstić information content (AvgIpc) is 3.02. The minimum atomic E-state index is 0.340. The van der Waals surface area contributed by atoms with Gasteiger partial charge in [0.2, 0.25) is 0 Å². The third-order valence-electron chi connectivity index (χ3n) is 3.67. The summed E-state index contributed by atoms with van der Waals surface area (Å²) in [6.07, 6.45) is 11.3. The molecule has 0 fully saturated rings. The van der Waals surface area contributed by atoms with Crippen LogP contribution >= 0.6 is 11.6 Å². The molecule has 1 aliphatic carbocycles. The molecule has 0 amide bonds. The van der Waals surface area contributed by atoms with Crippen LogP contribution in [0.15, 0.2) is 35.9 Å². The lowest BCUT2D eigenvalue weighted by Gasteiger charge is -2.08. The van der Waals surface area contributed by atoms with E-state index in [2.05, 4.69) is 33.6 Å². The summed E-state index contributed by atoms with van der Waals surface area (Å²) < 4.78 is 0. The van der Waals surface area contributed by atoms with Gasteiger partial charge < -0.3 is 0 Å². The maximum atomic E-state index is 9.07. The minimum Gasteiger partial charge on any atom is -0.247 e. The Hall–Kier alpha value is -2.38. The summed E-state index contributed by atoms with van der Waals surface area (Å²) in [6.45, 7) is 0. The zero-order valence-corrected chi connectivity index (χ0v) is 12.8. The van der Waals surface area contributed by atoms with Gasteiger partial charge in [-0.15, -0.1) is 5.10 Å². The summed E-state index contributed by atoms with van der Waals surface area (Å²) in [5, 5.41) is 19.9. The minimum absolute atomic E-state index is 0.340. The Balaban J connectivity index is 1.92. The molecule has 1 N–H and O–H groups in total. The Labute approximate surface area is 134 Å². The summed E-state index contributed by atoms with van der Waals surface area (Å²) in [7, 11) is 0. The van der Waals surface area contributed by atoms with Gasteiger partial charge in [0.05, 0.1) is 0 Å². The normalized spacial score (nSPS) is 14.8. The van der Waals surface area contributed by atoms with Crippen molar-refractivity contribution in [3.05, 3.63) is 52.2 Å². The lowest BCUT2D eigenvalue weighted by Crippen LogP contribution is -1.88. The van der Waals surface area contributed by atoms with E-state index in [4.69, 9.17) is 16.9 Å². The van der Waals surface area contributed by atoms with Crippen LogP contribution in [0.3, 0.4) is 0 Å². The number of nitriles is 1. The molecule has 5 heteroatoms. The van der Waals surface area contributed by atoms with Gasteiger partial charge in [-0.25, -0.2) is 5.10 Å². The van der Waals surface area contributed by atoms with Crippen LogP contribution < -0.4 is 0 Å². The number of aromatic amines is 1. The van der Waals surface area contributed by atoms with E-state index >= 15 is 0 Å². The Kier molecular flexibility index (Phi) is 4.36. The van der Waals surface area contributed by atoms with Gasteiger partial charge in [-0.2, -0.15) is 5.26 Å². The van der Waals surface area contributed by atoms with E-state index in [1.54, 1.807) is 6.07 Å². The number of benzene rings is 1. The van der Waals surface area contributed by atoms with Crippen LogP contribution in [0.4, 0.5) is 0 Å². The van der Waals surface area contributed by atoms with Crippen LogP contribution in [0.2, 0.25) is 5.02 Å². The Morgan fingerprint density at radius 2 is 2.14 bits per heavy atom. The molecular weight excluding hydrogens is 296 g/mol. The highest BCUT2D eigenvalue weighted by Gasteiger charge is 2.10. The molecule has 0 saturated carbocycles. The van der Waals surface area contributed by atoms with Crippen molar-refractivity contribution in [1.82, 2.24) is 15.4 Å². The smallest absolute Gasteiger partial charge is 0.163 e. The van der Waals surface area contributed by atoms with Crippen molar-refractivity contribution in [2.45, 2.75) is 25.7 Å². The number of hydrogen-bond donors (Lipinski definition) is 1. The van der Waals surface area contributed by atoms with Crippen LogP contribution in [0.5, 0.6) is 0 Å². The molecule has 0 atom stereocenters. The van der Waals surface area contributed by atoms with E-state index in [0.717, 1.165) is 24.0 Å². The van der Waals surface area contributed by atoms with Gasteiger partial charge in [0.15, 0.2) is 5.69 Å². The molecule has 110 valence electrons. The van der Waals surface area contributed by atoms with Crippen molar-refractivity contribution in [2.75, 3.05) is 0 Å². The lowest BCUT2D eigenvalue weighted by molar-refractivity contribution is 0.712. The van der Waals surface area contributed by atoms with E-state index in [0.29, 0.717) is 16.4 Å². The molecule has 1 aliphatic rings. The third kappa shape index (κ3) is 3.26. The second-order valence-electron chi connectivity index (χ2n) is 5.28. The van der Waals surface area contributed by atoms with Crippen molar-refractivity contribution in [3.8, 4) is 17.3 Å². The number of halogens is 1. The van der Waals surface area contributed by atoms with Gasteiger partial charge in [0.25, 0.3) is 0 Å². The number of nitrogens with one attached hydrogen (secondary N) is 1. The van der Waals surface area contributed by atoms with E-state index in [9.17, 15) is 0 Å². The fraction of sp³-hybridized carbons (Fsp3) is 0.235. The quantitative estimate of drug-likeness (QED) is 0.907. The summed E-state index contributed by atoms with van der Waals surface area (Å²) >= 11 is 6.19. The molecule has 0 bridgehead atoms. The van der Waals surface area contributed by atoms with Gasteiger partial charge in [-0.3, -0.25) is 0 Å². The van der Waals surface area contributed by atoms with Crippen LogP contribution in [0.1, 0.15) is 36.9 Å². The predicted molar refractivity (Wildman–Crippen MR) is 87.1 cm³/mol. The lowest BCUT2D eigenvalue weighted by atomic mass is 9.98. The summed E-state index contributed by atoms with van der Waals surface area (Å²) in [6, 6.07) is 7.70. The summed E-state index contributed by atoms with van der Waals surface area (Å²) in [5.74, 6) is 0. The van der Waals surface area contributed by atoms with Gasteiger partial charge in [-0.05, 0) is 49.4 Å². The number of allylic oxidation sites excluding steroid dienone is 3. The van der Waals surface area contributed by atoms with Crippen molar-refractivity contribution < 1.29 is 0 Å². The highest BCUT2D eigenvalue weighted by Crippen LogP contribution is 2.26. The van der Waals surface area contributed by atoms with E-state index in [1.807, 2.05) is 18.2 Å². The maximum absolute atomic E-state index is 9.07. The number of rotatable bonds is 3. The molecule has 1 aromatic heterocycles. The molecule has 1 aromatic carbocycles. The fourth-order valence-electron chi connectivity index (χ4n) is 2.57. The second kappa shape index (κ2) is 6.59. The Morgan fingerprint density at radius 3 is 2.91 bits per heavy atom.